The molecule has 0 bridgehead atoms. The first kappa shape index (κ1) is 22.2. The third-order valence-corrected chi connectivity index (χ3v) is 5.35. The molecule has 2 aromatic carbocycles. The maximum atomic E-state index is 12.7. The summed E-state index contributed by atoms with van der Waals surface area (Å²) >= 11 is 12.2. The number of hydrogen-bond acceptors (Lipinski definition) is 2. The van der Waals surface area contributed by atoms with E-state index in [1.165, 1.54) is 0 Å². The fraction of sp³-hybridized carbons (Fsp3) is 0.333. The Labute approximate surface area is 176 Å². The lowest BCUT2D eigenvalue weighted by atomic mass is 10.0. The number of para-hydroxylation sites is 1. The second-order valence-corrected chi connectivity index (χ2v) is 7.97. The van der Waals surface area contributed by atoms with Crippen molar-refractivity contribution in [2.24, 2.45) is 0 Å². The lowest BCUT2D eigenvalue weighted by Gasteiger charge is -2.22. The second kappa shape index (κ2) is 9.41. The van der Waals surface area contributed by atoms with E-state index in [2.05, 4.69) is 10.6 Å². The van der Waals surface area contributed by atoms with Crippen molar-refractivity contribution in [2.45, 2.75) is 33.7 Å². The Morgan fingerprint density at radius 1 is 1.00 bits per heavy atom. The van der Waals surface area contributed by atoms with Crippen LogP contribution in [0.1, 0.15) is 23.6 Å². The van der Waals surface area contributed by atoms with E-state index in [1.54, 1.807) is 32.2 Å². The molecule has 28 heavy (non-hydrogen) atoms. The molecule has 0 aliphatic carbocycles. The standard InChI is InChI=1S/C21H25Cl2N3O2/c1-12-9-13(2)19(14(3)10-12)25-21(28)15(4)26(5)11-18(27)24-20-16(22)7-6-8-17(20)23/h6-10,15H,11H2,1-5H3,(H,24,27)(H,25,28)/p+1/t15-/m0/s1. The monoisotopic (exact) mass is 422 g/mol. The molecule has 0 fully saturated rings. The molecule has 0 saturated carbocycles. The SMILES string of the molecule is Cc1cc(C)c(NC(=O)[C@H](C)[NH+](C)CC(=O)Nc2c(Cl)cccc2Cl)c(C)c1. The van der Waals surface area contributed by atoms with E-state index in [1.807, 2.05) is 32.9 Å². The number of carbonyl (C=O) groups is 2. The van der Waals surface area contributed by atoms with Gasteiger partial charge >= 0.3 is 0 Å². The van der Waals surface area contributed by atoms with Gasteiger partial charge < -0.3 is 15.5 Å². The Kier molecular flexibility index (Phi) is 7.47. The summed E-state index contributed by atoms with van der Waals surface area (Å²) in [5.74, 6) is -0.411. The fourth-order valence-corrected chi connectivity index (χ4v) is 3.53. The first-order chi connectivity index (χ1) is 13.1. The summed E-state index contributed by atoms with van der Waals surface area (Å²) in [5.41, 5.74) is 4.39. The number of hydrogen-bond donors (Lipinski definition) is 3. The number of amides is 2. The normalized spacial score (nSPS) is 13.0. The molecular weight excluding hydrogens is 397 g/mol. The number of halogens is 2. The van der Waals surface area contributed by atoms with Crippen molar-refractivity contribution in [3.8, 4) is 0 Å². The molecule has 0 heterocycles. The predicted molar refractivity (Wildman–Crippen MR) is 116 cm³/mol. The summed E-state index contributed by atoms with van der Waals surface area (Å²) in [7, 11) is 1.80. The molecule has 0 aliphatic heterocycles. The number of likely N-dealkylation sites (N-methyl/N-ethyl adjacent to an activating group) is 1. The molecule has 0 radical (unpaired) electrons. The number of carbonyl (C=O) groups excluding carboxylic acids is 2. The summed E-state index contributed by atoms with van der Waals surface area (Å²) in [5, 5.41) is 6.46. The molecule has 2 rings (SSSR count). The zero-order chi connectivity index (χ0) is 21.0. The lowest BCUT2D eigenvalue weighted by Crippen LogP contribution is -3.14. The van der Waals surface area contributed by atoms with Gasteiger partial charge in [0.25, 0.3) is 11.8 Å². The molecule has 0 saturated heterocycles. The van der Waals surface area contributed by atoms with Crippen LogP contribution in [0, 0.1) is 20.8 Å². The van der Waals surface area contributed by atoms with Crippen LogP contribution in [0.4, 0.5) is 11.4 Å². The van der Waals surface area contributed by atoms with Crippen molar-refractivity contribution in [1.82, 2.24) is 0 Å². The molecule has 2 atom stereocenters. The number of rotatable bonds is 6. The third-order valence-electron chi connectivity index (χ3n) is 4.72. The van der Waals surface area contributed by atoms with Gasteiger partial charge in [-0.25, -0.2) is 0 Å². The molecule has 0 aromatic heterocycles. The third kappa shape index (κ3) is 5.47. The summed E-state index contributed by atoms with van der Waals surface area (Å²) < 4.78 is 0. The zero-order valence-corrected chi connectivity index (χ0v) is 18.3. The number of quaternary nitrogens is 1. The first-order valence-corrected chi connectivity index (χ1v) is 9.80. The van der Waals surface area contributed by atoms with Crippen molar-refractivity contribution in [3.05, 3.63) is 57.1 Å². The van der Waals surface area contributed by atoms with Crippen LogP contribution >= 0.6 is 23.2 Å². The molecule has 150 valence electrons. The van der Waals surface area contributed by atoms with Gasteiger partial charge in [0, 0.05) is 5.69 Å². The maximum absolute atomic E-state index is 12.7. The van der Waals surface area contributed by atoms with Crippen LogP contribution in [-0.2, 0) is 9.59 Å². The van der Waals surface area contributed by atoms with Crippen molar-refractivity contribution in [3.63, 3.8) is 0 Å². The molecule has 2 amide bonds. The quantitative estimate of drug-likeness (QED) is 0.667. The molecule has 5 nitrogen and oxygen atoms in total. The average Bonchev–Trinajstić information content (AvgIpc) is 2.60. The van der Waals surface area contributed by atoms with Crippen LogP contribution in [-0.4, -0.2) is 31.4 Å². The predicted octanol–water partition coefficient (Wildman–Crippen LogP) is 3.40. The topological polar surface area (TPSA) is 62.6 Å². The van der Waals surface area contributed by atoms with Crippen molar-refractivity contribution >= 4 is 46.4 Å². The Balaban J connectivity index is 2.01. The fourth-order valence-electron chi connectivity index (χ4n) is 3.04. The second-order valence-electron chi connectivity index (χ2n) is 7.15. The maximum Gasteiger partial charge on any atom is 0.282 e. The van der Waals surface area contributed by atoms with Gasteiger partial charge in [-0.15, -0.1) is 0 Å². The van der Waals surface area contributed by atoms with Crippen LogP contribution in [0.3, 0.4) is 0 Å². The first-order valence-electron chi connectivity index (χ1n) is 9.05. The number of aryl methyl sites for hydroxylation is 3. The number of anilines is 2. The largest absolute Gasteiger partial charge is 0.320 e. The molecule has 1 unspecified atom stereocenters. The molecule has 2 aromatic rings. The Bertz CT molecular complexity index is 856. The van der Waals surface area contributed by atoms with E-state index in [0.717, 1.165) is 27.3 Å². The highest BCUT2D eigenvalue weighted by atomic mass is 35.5. The Hall–Kier alpha value is -2.08. The highest BCUT2D eigenvalue weighted by Crippen LogP contribution is 2.29. The van der Waals surface area contributed by atoms with Crippen LogP contribution < -0.4 is 15.5 Å². The Morgan fingerprint density at radius 2 is 1.54 bits per heavy atom. The van der Waals surface area contributed by atoms with Gasteiger partial charge in [-0.2, -0.15) is 0 Å². The van der Waals surface area contributed by atoms with Gasteiger partial charge in [0.05, 0.1) is 22.8 Å². The number of benzene rings is 2. The van der Waals surface area contributed by atoms with Crippen LogP contribution in [0.2, 0.25) is 10.0 Å². The van der Waals surface area contributed by atoms with Gasteiger partial charge in [0.1, 0.15) is 0 Å². The summed E-state index contributed by atoms with van der Waals surface area (Å²) in [6.07, 6.45) is 0. The van der Waals surface area contributed by atoms with Crippen LogP contribution in [0.15, 0.2) is 30.3 Å². The summed E-state index contributed by atoms with van der Waals surface area (Å²) in [6, 6.07) is 8.66. The molecule has 0 spiro atoms. The van der Waals surface area contributed by atoms with Gasteiger partial charge in [-0.05, 0) is 51.0 Å². The minimum absolute atomic E-state index is 0.0992. The summed E-state index contributed by atoms with van der Waals surface area (Å²) in [4.78, 5) is 25.8. The molecule has 7 heteroatoms. The van der Waals surface area contributed by atoms with Crippen LogP contribution in [0.25, 0.3) is 0 Å². The lowest BCUT2D eigenvalue weighted by molar-refractivity contribution is -0.885. The van der Waals surface area contributed by atoms with Gasteiger partial charge in [0.15, 0.2) is 12.6 Å². The van der Waals surface area contributed by atoms with Crippen molar-refractivity contribution in [2.75, 3.05) is 24.2 Å². The number of nitrogens with one attached hydrogen (secondary N) is 3. The minimum Gasteiger partial charge on any atom is -0.320 e. The molecule has 3 N–H and O–H groups in total. The highest BCUT2D eigenvalue weighted by Gasteiger charge is 2.25. The van der Waals surface area contributed by atoms with Gasteiger partial charge in [-0.1, -0.05) is 47.0 Å². The minimum atomic E-state index is -0.424. The van der Waals surface area contributed by atoms with Gasteiger partial charge in [-0.3, -0.25) is 9.59 Å². The van der Waals surface area contributed by atoms with E-state index >= 15 is 0 Å². The van der Waals surface area contributed by atoms with Crippen molar-refractivity contribution < 1.29 is 14.5 Å². The van der Waals surface area contributed by atoms with E-state index < -0.39 is 6.04 Å². The van der Waals surface area contributed by atoms with E-state index in [-0.39, 0.29) is 18.4 Å². The smallest absolute Gasteiger partial charge is 0.282 e. The molecule has 0 aliphatic rings. The Morgan fingerprint density at radius 3 is 2.07 bits per heavy atom. The zero-order valence-electron chi connectivity index (χ0n) is 16.7. The van der Waals surface area contributed by atoms with E-state index in [0.29, 0.717) is 15.7 Å². The summed E-state index contributed by atoms with van der Waals surface area (Å²) in [6.45, 7) is 7.85. The highest BCUT2D eigenvalue weighted by molar-refractivity contribution is 6.39. The van der Waals surface area contributed by atoms with Crippen LogP contribution in [0.5, 0.6) is 0 Å². The van der Waals surface area contributed by atoms with E-state index in [9.17, 15) is 9.59 Å². The van der Waals surface area contributed by atoms with Gasteiger partial charge in [0.2, 0.25) is 0 Å². The van der Waals surface area contributed by atoms with Crippen molar-refractivity contribution in [1.29, 1.82) is 0 Å². The van der Waals surface area contributed by atoms with E-state index in [4.69, 9.17) is 23.2 Å². The molecular formula is C21H26Cl2N3O2+. The average molecular weight is 423 g/mol.